The maximum absolute atomic E-state index is 12.2. The SMILES string of the molecule is CCCCC(CN)NC(=O)c1cc(-c2ccc(C)cc2)no1. The number of hydrogen-bond acceptors (Lipinski definition) is 4. The molecule has 0 aliphatic rings. The smallest absolute Gasteiger partial charge is 0.290 e. The zero-order chi connectivity index (χ0) is 15.9. The minimum absolute atomic E-state index is 0.0274. The molecule has 0 spiro atoms. The summed E-state index contributed by atoms with van der Waals surface area (Å²) in [5.74, 6) is -0.0528. The summed E-state index contributed by atoms with van der Waals surface area (Å²) in [5, 5.41) is 6.86. The van der Waals surface area contributed by atoms with Gasteiger partial charge < -0.3 is 15.6 Å². The lowest BCUT2D eigenvalue weighted by Crippen LogP contribution is -2.40. The Kier molecular flexibility index (Phi) is 5.72. The van der Waals surface area contributed by atoms with Gasteiger partial charge in [-0.2, -0.15) is 0 Å². The third-order valence-electron chi connectivity index (χ3n) is 3.61. The highest BCUT2D eigenvalue weighted by Crippen LogP contribution is 2.19. The molecular formula is C17H23N3O2. The van der Waals surface area contributed by atoms with Gasteiger partial charge >= 0.3 is 0 Å². The largest absolute Gasteiger partial charge is 0.350 e. The lowest BCUT2D eigenvalue weighted by molar-refractivity contribution is 0.0898. The number of benzene rings is 1. The molecule has 118 valence electrons. The van der Waals surface area contributed by atoms with Crippen molar-refractivity contribution in [1.29, 1.82) is 0 Å². The molecule has 1 amide bonds. The molecule has 5 nitrogen and oxygen atoms in total. The van der Waals surface area contributed by atoms with Crippen LogP contribution in [0, 0.1) is 6.92 Å². The van der Waals surface area contributed by atoms with Crippen molar-refractivity contribution in [1.82, 2.24) is 10.5 Å². The lowest BCUT2D eigenvalue weighted by atomic mass is 10.1. The fourth-order valence-corrected chi connectivity index (χ4v) is 2.20. The van der Waals surface area contributed by atoms with Gasteiger partial charge in [-0.05, 0) is 13.3 Å². The minimum Gasteiger partial charge on any atom is -0.350 e. The van der Waals surface area contributed by atoms with E-state index in [4.69, 9.17) is 10.3 Å². The second-order valence-corrected chi connectivity index (χ2v) is 5.49. The Labute approximate surface area is 130 Å². The van der Waals surface area contributed by atoms with Gasteiger partial charge in [-0.3, -0.25) is 4.79 Å². The first-order chi connectivity index (χ1) is 10.6. The van der Waals surface area contributed by atoms with Crippen LogP contribution >= 0.6 is 0 Å². The number of nitrogens with two attached hydrogens (primary N) is 1. The van der Waals surface area contributed by atoms with E-state index < -0.39 is 0 Å². The highest BCUT2D eigenvalue weighted by molar-refractivity contribution is 5.92. The fourth-order valence-electron chi connectivity index (χ4n) is 2.20. The van der Waals surface area contributed by atoms with Gasteiger partial charge in [0.15, 0.2) is 0 Å². The molecule has 1 unspecified atom stereocenters. The van der Waals surface area contributed by atoms with Crippen molar-refractivity contribution in [2.75, 3.05) is 6.54 Å². The molecule has 0 aliphatic carbocycles. The Balaban J connectivity index is 2.03. The minimum atomic E-state index is -0.266. The summed E-state index contributed by atoms with van der Waals surface area (Å²) in [6.07, 6.45) is 2.98. The van der Waals surface area contributed by atoms with E-state index in [0.717, 1.165) is 24.8 Å². The number of carbonyl (C=O) groups excluding carboxylic acids is 1. The van der Waals surface area contributed by atoms with Crippen LogP contribution in [0.4, 0.5) is 0 Å². The normalized spacial score (nSPS) is 12.1. The maximum atomic E-state index is 12.2. The molecule has 0 fully saturated rings. The Bertz CT molecular complexity index is 605. The van der Waals surface area contributed by atoms with Gasteiger partial charge in [0.05, 0.1) is 0 Å². The molecule has 0 aliphatic heterocycles. The number of nitrogens with one attached hydrogen (secondary N) is 1. The second-order valence-electron chi connectivity index (χ2n) is 5.49. The Hall–Kier alpha value is -2.14. The van der Waals surface area contributed by atoms with Crippen molar-refractivity contribution >= 4 is 5.91 Å². The van der Waals surface area contributed by atoms with Crippen LogP contribution in [0.5, 0.6) is 0 Å². The second kappa shape index (κ2) is 7.75. The van der Waals surface area contributed by atoms with Crippen molar-refractivity contribution in [2.24, 2.45) is 5.73 Å². The van der Waals surface area contributed by atoms with E-state index in [1.807, 2.05) is 31.2 Å². The van der Waals surface area contributed by atoms with E-state index in [1.165, 1.54) is 5.56 Å². The summed E-state index contributed by atoms with van der Waals surface area (Å²) in [4.78, 5) is 12.2. The number of aromatic nitrogens is 1. The van der Waals surface area contributed by atoms with Crippen LogP contribution in [0.2, 0.25) is 0 Å². The van der Waals surface area contributed by atoms with Gasteiger partial charge in [-0.15, -0.1) is 0 Å². The molecule has 1 atom stereocenters. The zero-order valence-electron chi connectivity index (χ0n) is 13.1. The van der Waals surface area contributed by atoms with Crippen molar-refractivity contribution in [3.63, 3.8) is 0 Å². The van der Waals surface area contributed by atoms with Crippen LogP contribution in [0.25, 0.3) is 11.3 Å². The van der Waals surface area contributed by atoms with Crippen molar-refractivity contribution in [3.8, 4) is 11.3 Å². The molecule has 1 aromatic heterocycles. The van der Waals surface area contributed by atoms with Crippen molar-refractivity contribution < 1.29 is 9.32 Å². The summed E-state index contributed by atoms with van der Waals surface area (Å²) >= 11 is 0. The first-order valence-corrected chi connectivity index (χ1v) is 7.68. The molecule has 2 aromatic rings. The number of rotatable bonds is 7. The Morgan fingerprint density at radius 3 is 2.73 bits per heavy atom. The lowest BCUT2D eigenvalue weighted by Gasteiger charge is -2.14. The van der Waals surface area contributed by atoms with Crippen molar-refractivity contribution in [2.45, 2.75) is 39.2 Å². The predicted molar refractivity (Wildman–Crippen MR) is 86.5 cm³/mol. The number of amides is 1. The van der Waals surface area contributed by atoms with Gasteiger partial charge in [0, 0.05) is 24.2 Å². The first-order valence-electron chi connectivity index (χ1n) is 7.68. The van der Waals surface area contributed by atoms with Crippen molar-refractivity contribution in [3.05, 3.63) is 41.7 Å². The van der Waals surface area contributed by atoms with Gasteiger partial charge in [-0.1, -0.05) is 54.8 Å². The van der Waals surface area contributed by atoms with Crippen LogP contribution in [-0.4, -0.2) is 23.7 Å². The van der Waals surface area contributed by atoms with Gasteiger partial charge in [-0.25, -0.2) is 0 Å². The number of hydrogen-bond donors (Lipinski definition) is 2. The van der Waals surface area contributed by atoms with E-state index >= 15 is 0 Å². The number of carbonyl (C=O) groups is 1. The third kappa shape index (κ3) is 4.18. The summed E-state index contributed by atoms with van der Waals surface area (Å²) in [6.45, 7) is 4.55. The number of aryl methyl sites for hydroxylation is 1. The molecule has 0 saturated carbocycles. The topological polar surface area (TPSA) is 81.1 Å². The van der Waals surface area contributed by atoms with E-state index in [0.29, 0.717) is 12.2 Å². The molecule has 2 rings (SSSR count). The average Bonchev–Trinajstić information content (AvgIpc) is 3.02. The molecule has 0 radical (unpaired) electrons. The molecule has 1 heterocycles. The predicted octanol–water partition coefficient (Wildman–Crippen LogP) is 2.90. The summed E-state index contributed by atoms with van der Waals surface area (Å²) < 4.78 is 5.16. The monoisotopic (exact) mass is 301 g/mol. The molecular weight excluding hydrogens is 278 g/mol. The van der Waals surface area contributed by atoms with Gasteiger partial charge in [0.2, 0.25) is 5.76 Å². The zero-order valence-corrected chi connectivity index (χ0v) is 13.1. The van der Waals surface area contributed by atoms with E-state index in [2.05, 4.69) is 17.4 Å². The highest BCUT2D eigenvalue weighted by atomic mass is 16.5. The van der Waals surface area contributed by atoms with Gasteiger partial charge in [0.1, 0.15) is 5.69 Å². The van der Waals surface area contributed by atoms with E-state index in [9.17, 15) is 4.79 Å². The first kappa shape index (κ1) is 16.2. The number of nitrogens with zero attached hydrogens (tertiary/aromatic N) is 1. The summed E-state index contributed by atoms with van der Waals surface area (Å²) in [6, 6.07) is 9.54. The third-order valence-corrected chi connectivity index (χ3v) is 3.61. The standard InChI is InChI=1S/C17H23N3O2/c1-3-4-5-14(11-18)19-17(21)16-10-15(20-22-16)13-8-6-12(2)7-9-13/h6-10,14H,3-5,11,18H2,1-2H3,(H,19,21). The molecule has 0 saturated heterocycles. The quantitative estimate of drug-likeness (QED) is 0.824. The van der Waals surface area contributed by atoms with Crippen LogP contribution in [0.1, 0.15) is 42.3 Å². The van der Waals surface area contributed by atoms with Gasteiger partial charge in [0.25, 0.3) is 5.91 Å². The summed E-state index contributed by atoms with van der Waals surface area (Å²) in [7, 11) is 0. The highest BCUT2D eigenvalue weighted by Gasteiger charge is 2.17. The fraction of sp³-hybridized carbons (Fsp3) is 0.412. The molecule has 3 N–H and O–H groups in total. The summed E-state index contributed by atoms with van der Waals surface area (Å²) in [5.41, 5.74) is 8.44. The van der Waals surface area contributed by atoms with Crippen LogP contribution < -0.4 is 11.1 Å². The van der Waals surface area contributed by atoms with Crippen LogP contribution in [-0.2, 0) is 0 Å². The number of unbranched alkanes of at least 4 members (excludes halogenated alkanes) is 1. The van der Waals surface area contributed by atoms with Crippen LogP contribution in [0.15, 0.2) is 34.9 Å². The Morgan fingerprint density at radius 2 is 2.09 bits per heavy atom. The average molecular weight is 301 g/mol. The van der Waals surface area contributed by atoms with E-state index in [-0.39, 0.29) is 17.7 Å². The molecule has 0 bridgehead atoms. The maximum Gasteiger partial charge on any atom is 0.290 e. The molecule has 22 heavy (non-hydrogen) atoms. The molecule has 1 aromatic carbocycles. The Morgan fingerprint density at radius 1 is 1.36 bits per heavy atom. The van der Waals surface area contributed by atoms with Crippen LogP contribution in [0.3, 0.4) is 0 Å². The molecule has 5 heteroatoms. The van der Waals surface area contributed by atoms with E-state index in [1.54, 1.807) is 6.07 Å².